The van der Waals surface area contributed by atoms with Gasteiger partial charge in [-0.15, -0.1) is 0 Å². The van der Waals surface area contributed by atoms with Crippen LogP contribution in [0.1, 0.15) is 42.4 Å². The molecule has 2 amide bonds. The van der Waals surface area contributed by atoms with Gasteiger partial charge < -0.3 is 19.1 Å². The minimum atomic E-state index is -0.603. The maximum Gasteiger partial charge on any atom is 0.410 e. The number of hydrogen-bond donors (Lipinski definition) is 0. The molecule has 0 aliphatic carbocycles. The average Bonchev–Trinajstić information content (AvgIpc) is 3.34. The van der Waals surface area contributed by atoms with E-state index in [0.717, 1.165) is 28.2 Å². The summed E-state index contributed by atoms with van der Waals surface area (Å²) >= 11 is 0. The van der Waals surface area contributed by atoms with Crippen molar-refractivity contribution in [2.24, 2.45) is 0 Å². The summed E-state index contributed by atoms with van der Waals surface area (Å²) < 4.78 is 7.74. The molecule has 2 heterocycles. The van der Waals surface area contributed by atoms with E-state index < -0.39 is 5.60 Å². The zero-order chi connectivity index (χ0) is 29.9. The quantitative estimate of drug-likeness (QED) is 0.241. The largest absolute Gasteiger partial charge is 0.444 e. The van der Waals surface area contributed by atoms with Crippen LogP contribution in [0.15, 0.2) is 91.0 Å². The molecule has 1 aromatic heterocycles. The van der Waals surface area contributed by atoms with Crippen LogP contribution in [0.3, 0.4) is 0 Å². The van der Waals surface area contributed by atoms with Gasteiger partial charge in [0, 0.05) is 31.0 Å². The highest BCUT2D eigenvalue weighted by molar-refractivity contribution is 6.01. The van der Waals surface area contributed by atoms with Gasteiger partial charge in [-0.25, -0.2) is 9.64 Å². The van der Waals surface area contributed by atoms with E-state index in [2.05, 4.69) is 21.5 Å². The minimum absolute atomic E-state index is 0.0817. The fourth-order valence-corrected chi connectivity index (χ4v) is 5.55. The van der Waals surface area contributed by atoms with Gasteiger partial charge in [-0.05, 0) is 63.4 Å². The third-order valence-corrected chi connectivity index (χ3v) is 7.39. The third kappa shape index (κ3) is 6.23. The second-order valence-electron chi connectivity index (χ2n) is 11.6. The Morgan fingerprint density at radius 1 is 0.929 bits per heavy atom. The zero-order valence-corrected chi connectivity index (χ0v) is 24.6. The van der Waals surface area contributed by atoms with Crippen LogP contribution in [0.5, 0.6) is 0 Å². The first-order valence-corrected chi connectivity index (χ1v) is 14.2. The minimum Gasteiger partial charge on any atom is -0.444 e. The van der Waals surface area contributed by atoms with Crippen LogP contribution in [0.4, 0.5) is 10.5 Å². The van der Waals surface area contributed by atoms with Gasteiger partial charge in [0.15, 0.2) is 5.69 Å². The number of amides is 2. The first-order valence-electron chi connectivity index (χ1n) is 14.2. The molecule has 3 aromatic carbocycles. The number of hydrogen-bond acceptors (Lipinski definition) is 3. The van der Waals surface area contributed by atoms with Crippen molar-refractivity contribution in [3.05, 3.63) is 119 Å². The molecule has 0 radical (unpaired) electrons. The van der Waals surface area contributed by atoms with Crippen molar-refractivity contribution in [2.45, 2.75) is 45.8 Å². The van der Waals surface area contributed by atoms with E-state index in [1.54, 1.807) is 11.0 Å². The second-order valence-corrected chi connectivity index (χ2v) is 11.6. The number of ether oxygens (including phenoxy) is 1. The van der Waals surface area contributed by atoms with Crippen LogP contribution in [0.2, 0.25) is 0 Å². The molecular weight excluding hydrogens is 524 g/mol. The molecule has 0 spiro atoms. The van der Waals surface area contributed by atoms with E-state index in [4.69, 9.17) is 11.3 Å². The van der Waals surface area contributed by atoms with Crippen molar-refractivity contribution >= 4 is 17.7 Å². The van der Waals surface area contributed by atoms with Crippen LogP contribution < -0.4 is 0 Å². The Hall–Kier alpha value is -4.83. The predicted molar refractivity (Wildman–Crippen MR) is 165 cm³/mol. The van der Waals surface area contributed by atoms with Gasteiger partial charge in [-0.3, -0.25) is 4.79 Å². The predicted octanol–water partition coefficient (Wildman–Crippen LogP) is 7.31. The number of piperazine rings is 1. The maximum absolute atomic E-state index is 14.5. The van der Waals surface area contributed by atoms with Crippen LogP contribution in [-0.4, -0.2) is 57.6 Å². The molecule has 0 unspecified atom stereocenters. The highest BCUT2D eigenvalue weighted by Crippen LogP contribution is 2.34. The summed E-state index contributed by atoms with van der Waals surface area (Å²) in [7, 11) is 0. The van der Waals surface area contributed by atoms with Crippen LogP contribution in [-0.2, 0) is 11.2 Å². The smallest absolute Gasteiger partial charge is 0.410 e. The molecule has 42 heavy (non-hydrogen) atoms. The second kappa shape index (κ2) is 12.0. The maximum atomic E-state index is 14.5. The molecule has 214 valence electrons. The number of benzene rings is 3. The van der Waals surface area contributed by atoms with Crippen molar-refractivity contribution < 1.29 is 14.3 Å². The molecule has 5 rings (SSSR count). The Kier molecular flexibility index (Phi) is 8.17. The highest BCUT2D eigenvalue weighted by atomic mass is 16.6. The van der Waals surface area contributed by atoms with Gasteiger partial charge in [-0.2, -0.15) is 0 Å². The van der Waals surface area contributed by atoms with Gasteiger partial charge in [0.2, 0.25) is 0 Å². The van der Waals surface area contributed by atoms with Gasteiger partial charge >= 0.3 is 6.09 Å². The fraction of sp³-hybridized carbons (Fsp3) is 0.286. The number of aromatic nitrogens is 1. The molecule has 1 aliphatic heterocycles. The molecule has 1 fully saturated rings. The molecule has 1 saturated heterocycles. The van der Waals surface area contributed by atoms with Gasteiger partial charge in [-0.1, -0.05) is 72.8 Å². The normalized spacial score (nSPS) is 15.3. The van der Waals surface area contributed by atoms with E-state index in [-0.39, 0.29) is 18.0 Å². The number of carbonyl (C=O) groups excluding carboxylic acids is 2. The lowest BCUT2D eigenvalue weighted by atomic mass is 10.00. The number of carbonyl (C=O) groups is 2. The molecule has 0 saturated carbocycles. The summed E-state index contributed by atoms with van der Waals surface area (Å²) in [5, 5.41) is 0. The SMILES string of the molecule is [C-]#[N+]c1cccc(-n2c(C)cc(C(=O)N3CCN(C(=O)OC(C)(C)C)C[C@H]3Cc3ccccc3)c2-c2ccccc2)c1. The highest BCUT2D eigenvalue weighted by Gasteiger charge is 2.36. The van der Waals surface area contributed by atoms with Crippen molar-refractivity contribution in [3.63, 3.8) is 0 Å². The summed E-state index contributed by atoms with van der Waals surface area (Å²) in [6.07, 6.45) is 0.249. The van der Waals surface area contributed by atoms with Crippen molar-refractivity contribution in [1.29, 1.82) is 0 Å². The topological polar surface area (TPSA) is 59.1 Å². The van der Waals surface area contributed by atoms with E-state index in [9.17, 15) is 9.59 Å². The monoisotopic (exact) mass is 560 g/mol. The van der Waals surface area contributed by atoms with Crippen molar-refractivity contribution in [1.82, 2.24) is 14.4 Å². The van der Waals surface area contributed by atoms with Gasteiger partial charge in [0.1, 0.15) is 5.60 Å². The summed E-state index contributed by atoms with van der Waals surface area (Å²) in [6, 6.07) is 29.1. The molecule has 4 aromatic rings. The lowest BCUT2D eigenvalue weighted by molar-refractivity contribution is 0.00440. The first-order chi connectivity index (χ1) is 20.1. The summed E-state index contributed by atoms with van der Waals surface area (Å²) in [5.74, 6) is -0.0817. The van der Waals surface area contributed by atoms with Crippen LogP contribution in [0.25, 0.3) is 21.8 Å². The summed E-state index contributed by atoms with van der Waals surface area (Å²) in [4.78, 5) is 34.8. The van der Waals surface area contributed by atoms with Crippen LogP contribution in [0, 0.1) is 13.5 Å². The summed E-state index contributed by atoms with van der Waals surface area (Å²) in [6.45, 7) is 16.2. The first kappa shape index (κ1) is 28.7. The Bertz CT molecular complexity index is 1610. The number of rotatable bonds is 5. The molecular formula is C35H36N4O3. The fourth-order valence-electron chi connectivity index (χ4n) is 5.55. The molecule has 0 N–H and O–H groups in total. The van der Waals surface area contributed by atoms with Crippen molar-refractivity contribution in [3.8, 4) is 16.9 Å². The molecule has 1 atom stereocenters. The van der Waals surface area contributed by atoms with Crippen molar-refractivity contribution in [2.75, 3.05) is 19.6 Å². The average molecular weight is 561 g/mol. The van der Waals surface area contributed by atoms with E-state index >= 15 is 0 Å². The third-order valence-electron chi connectivity index (χ3n) is 7.39. The number of aryl methyl sites for hydroxylation is 1. The Morgan fingerprint density at radius 3 is 2.29 bits per heavy atom. The lowest BCUT2D eigenvalue weighted by Gasteiger charge is -2.42. The Morgan fingerprint density at radius 2 is 1.62 bits per heavy atom. The van der Waals surface area contributed by atoms with E-state index in [0.29, 0.717) is 37.3 Å². The Balaban J connectivity index is 1.56. The molecule has 1 aliphatic rings. The standard InChI is InChI=1S/C35H36N4O3/c1-25-21-31(32(27-15-10-7-11-16-27)39(25)29-18-12-17-28(23-29)36-5)33(40)38-20-19-37(34(41)42-35(2,3)4)24-30(38)22-26-13-8-6-9-14-26/h6-18,21,23,30H,19-20,22,24H2,1-4H3/t30-/m1/s1. The molecule has 7 nitrogen and oxygen atoms in total. The van der Waals surface area contributed by atoms with E-state index in [1.807, 2.05) is 105 Å². The summed E-state index contributed by atoms with van der Waals surface area (Å²) in [5.41, 5.74) is 5.04. The zero-order valence-electron chi connectivity index (χ0n) is 24.6. The molecule has 7 heteroatoms. The van der Waals surface area contributed by atoms with Gasteiger partial charge in [0.05, 0.1) is 23.9 Å². The van der Waals surface area contributed by atoms with E-state index in [1.165, 1.54) is 0 Å². The lowest BCUT2D eigenvalue weighted by Crippen LogP contribution is -2.57. The van der Waals surface area contributed by atoms with Crippen LogP contribution >= 0.6 is 0 Å². The van der Waals surface area contributed by atoms with Gasteiger partial charge in [0.25, 0.3) is 5.91 Å². The Labute approximate surface area is 247 Å². The number of nitrogens with zero attached hydrogens (tertiary/aromatic N) is 4. The molecule has 0 bridgehead atoms.